The molecule has 0 bridgehead atoms. The van der Waals surface area contributed by atoms with E-state index in [1.54, 1.807) is 6.92 Å². The zero-order valence-corrected chi connectivity index (χ0v) is 11.1. The van der Waals surface area contributed by atoms with Gasteiger partial charge in [-0.15, -0.1) is 0 Å². The van der Waals surface area contributed by atoms with Crippen LogP contribution in [-0.2, 0) is 22.7 Å². The fourth-order valence-corrected chi connectivity index (χ4v) is 2.70. The molecule has 0 spiro atoms. The Labute approximate surface area is 109 Å². The number of nitrogens with one attached hydrogen (secondary N) is 1. The fourth-order valence-electron chi connectivity index (χ4n) is 1.53. The summed E-state index contributed by atoms with van der Waals surface area (Å²) < 4.78 is 62.9. The number of hydrogen-bond acceptors (Lipinski definition) is 3. The molecule has 0 unspecified atom stereocenters. The molecule has 0 fully saturated rings. The van der Waals surface area contributed by atoms with Crippen LogP contribution in [0.3, 0.4) is 0 Å². The Morgan fingerprint density at radius 3 is 2.42 bits per heavy atom. The van der Waals surface area contributed by atoms with Crippen molar-refractivity contribution >= 4 is 15.7 Å². The monoisotopic (exact) mass is 296 g/mol. The zero-order valence-electron chi connectivity index (χ0n) is 10.3. The van der Waals surface area contributed by atoms with E-state index in [-0.39, 0.29) is 23.5 Å². The van der Waals surface area contributed by atoms with Crippen molar-refractivity contribution in [3.63, 3.8) is 0 Å². The van der Waals surface area contributed by atoms with E-state index in [9.17, 15) is 21.6 Å². The molecule has 4 nitrogen and oxygen atoms in total. The Morgan fingerprint density at radius 2 is 1.95 bits per heavy atom. The first-order valence-corrected chi connectivity index (χ1v) is 7.25. The first kappa shape index (κ1) is 15.8. The molecule has 0 aliphatic carbocycles. The number of halogens is 3. The quantitative estimate of drug-likeness (QED) is 0.876. The third-order valence-corrected chi connectivity index (χ3v) is 3.87. The van der Waals surface area contributed by atoms with Gasteiger partial charge in [-0.25, -0.2) is 8.42 Å². The average Bonchev–Trinajstić information content (AvgIpc) is 2.27. The van der Waals surface area contributed by atoms with Gasteiger partial charge in [0.25, 0.3) is 0 Å². The summed E-state index contributed by atoms with van der Waals surface area (Å²) in [5, 5.41) is 0. The van der Waals surface area contributed by atoms with Gasteiger partial charge in [-0.2, -0.15) is 13.2 Å². The molecule has 3 N–H and O–H groups in total. The lowest BCUT2D eigenvalue weighted by Gasteiger charge is -2.14. The Kier molecular flexibility index (Phi) is 4.81. The molecule has 0 atom stereocenters. The van der Waals surface area contributed by atoms with Crippen molar-refractivity contribution in [3.8, 4) is 0 Å². The molecule has 108 valence electrons. The molecule has 0 heterocycles. The molecule has 0 saturated heterocycles. The highest BCUT2D eigenvalue weighted by Gasteiger charge is 2.31. The van der Waals surface area contributed by atoms with Gasteiger partial charge in [-0.3, -0.25) is 4.72 Å². The third kappa shape index (κ3) is 4.39. The molecule has 0 amide bonds. The molecular weight excluding hydrogens is 281 g/mol. The number of anilines is 1. The summed E-state index contributed by atoms with van der Waals surface area (Å²) in [5.41, 5.74) is 4.69. The number of hydrogen-bond donors (Lipinski definition) is 2. The number of sulfonamides is 1. The van der Waals surface area contributed by atoms with Gasteiger partial charge in [-0.1, -0.05) is 6.92 Å². The molecule has 0 aromatic heterocycles. The molecule has 1 aromatic carbocycles. The van der Waals surface area contributed by atoms with Crippen LogP contribution in [0.4, 0.5) is 18.9 Å². The molecule has 1 aromatic rings. The van der Waals surface area contributed by atoms with Gasteiger partial charge in [0.15, 0.2) is 0 Å². The van der Waals surface area contributed by atoms with Gasteiger partial charge in [0.1, 0.15) is 0 Å². The Balaban J connectivity index is 3.10. The van der Waals surface area contributed by atoms with E-state index in [2.05, 4.69) is 4.72 Å². The van der Waals surface area contributed by atoms with Gasteiger partial charge in [0.05, 0.1) is 17.0 Å². The standard InChI is InChI=1S/C11H15F3N2O2S/c1-2-5-19(17,18)16-10-4-3-9(11(12,13)14)6-8(10)7-15/h3-4,6,16H,2,5,7,15H2,1H3. The predicted octanol–water partition coefficient (Wildman–Crippen LogP) is 2.32. The van der Waals surface area contributed by atoms with Crippen LogP contribution in [0.2, 0.25) is 0 Å². The lowest BCUT2D eigenvalue weighted by atomic mass is 10.1. The van der Waals surface area contributed by atoms with Crippen molar-refractivity contribution in [2.24, 2.45) is 5.73 Å². The summed E-state index contributed by atoms with van der Waals surface area (Å²) in [6, 6.07) is 2.75. The fraction of sp³-hybridized carbons (Fsp3) is 0.455. The van der Waals surface area contributed by atoms with Crippen LogP contribution in [0.15, 0.2) is 18.2 Å². The summed E-state index contributed by atoms with van der Waals surface area (Å²) in [5.74, 6) is -0.0992. The number of benzene rings is 1. The van der Waals surface area contributed by atoms with Gasteiger partial charge in [-0.05, 0) is 30.2 Å². The van der Waals surface area contributed by atoms with E-state index in [0.717, 1.165) is 18.2 Å². The second-order valence-electron chi connectivity index (χ2n) is 3.99. The van der Waals surface area contributed by atoms with Gasteiger partial charge < -0.3 is 5.73 Å². The minimum atomic E-state index is -4.48. The Morgan fingerprint density at radius 1 is 1.32 bits per heavy atom. The molecule has 0 radical (unpaired) electrons. The van der Waals surface area contributed by atoms with Crippen molar-refractivity contribution in [1.82, 2.24) is 0 Å². The minimum Gasteiger partial charge on any atom is -0.326 e. The first-order valence-electron chi connectivity index (χ1n) is 5.60. The first-order chi connectivity index (χ1) is 8.69. The Hall–Kier alpha value is -1.28. The maximum Gasteiger partial charge on any atom is 0.416 e. The molecule has 0 aliphatic heterocycles. The lowest BCUT2D eigenvalue weighted by molar-refractivity contribution is -0.137. The highest BCUT2D eigenvalue weighted by Crippen LogP contribution is 2.32. The maximum absolute atomic E-state index is 12.5. The molecule has 0 saturated carbocycles. The average molecular weight is 296 g/mol. The van der Waals surface area contributed by atoms with Crippen LogP contribution in [-0.4, -0.2) is 14.2 Å². The van der Waals surface area contributed by atoms with E-state index in [0.29, 0.717) is 6.42 Å². The highest BCUT2D eigenvalue weighted by molar-refractivity contribution is 7.92. The molecule has 19 heavy (non-hydrogen) atoms. The van der Waals surface area contributed by atoms with E-state index in [4.69, 9.17) is 5.73 Å². The summed E-state index contributed by atoms with van der Waals surface area (Å²) in [4.78, 5) is 0. The number of rotatable bonds is 5. The highest BCUT2D eigenvalue weighted by atomic mass is 32.2. The largest absolute Gasteiger partial charge is 0.416 e. The van der Waals surface area contributed by atoms with E-state index >= 15 is 0 Å². The maximum atomic E-state index is 12.5. The second-order valence-corrected chi connectivity index (χ2v) is 5.84. The topological polar surface area (TPSA) is 72.2 Å². The Bertz CT molecular complexity index is 541. The second kappa shape index (κ2) is 5.79. The van der Waals surface area contributed by atoms with E-state index in [1.165, 1.54) is 0 Å². The van der Waals surface area contributed by atoms with E-state index in [1.807, 2.05) is 0 Å². The number of nitrogens with two attached hydrogens (primary N) is 1. The van der Waals surface area contributed by atoms with Crippen molar-refractivity contribution < 1.29 is 21.6 Å². The van der Waals surface area contributed by atoms with Crippen molar-refractivity contribution in [2.75, 3.05) is 10.5 Å². The summed E-state index contributed by atoms with van der Waals surface area (Å²) in [6.07, 6.45) is -4.07. The third-order valence-electron chi connectivity index (χ3n) is 2.39. The minimum absolute atomic E-state index is 0.0870. The van der Waals surface area contributed by atoms with Crippen molar-refractivity contribution in [3.05, 3.63) is 29.3 Å². The van der Waals surface area contributed by atoms with Crippen molar-refractivity contribution in [2.45, 2.75) is 26.1 Å². The summed E-state index contributed by atoms with van der Waals surface area (Å²) in [7, 11) is -3.55. The molecule has 1 rings (SSSR count). The summed E-state index contributed by atoms with van der Waals surface area (Å²) >= 11 is 0. The van der Waals surface area contributed by atoms with Crippen LogP contribution in [0, 0.1) is 0 Å². The van der Waals surface area contributed by atoms with Gasteiger partial charge >= 0.3 is 6.18 Å². The van der Waals surface area contributed by atoms with Crippen LogP contribution in [0.5, 0.6) is 0 Å². The van der Waals surface area contributed by atoms with Crippen molar-refractivity contribution in [1.29, 1.82) is 0 Å². The normalized spacial score (nSPS) is 12.5. The lowest BCUT2D eigenvalue weighted by Crippen LogP contribution is -2.18. The smallest absolute Gasteiger partial charge is 0.326 e. The van der Waals surface area contributed by atoms with Crippen LogP contribution in [0.1, 0.15) is 24.5 Å². The SMILES string of the molecule is CCCS(=O)(=O)Nc1ccc(C(F)(F)F)cc1CN. The number of alkyl halides is 3. The van der Waals surface area contributed by atoms with Gasteiger partial charge in [0, 0.05) is 6.54 Å². The molecule has 8 heteroatoms. The molecule has 0 aliphatic rings. The van der Waals surface area contributed by atoms with Crippen LogP contribution in [0.25, 0.3) is 0 Å². The van der Waals surface area contributed by atoms with Gasteiger partial charge in [0.2, 0.25) is 10.0 Å². The van der Waals surface area contributed by atoms with Crippen LogP contribution >= 0.6 is 0 Å². The van der Waals surface area contributed by atoms with E-state index < -0.39 is 21.8 Å². The summed E-state index contributed by atoms with van der Waals surface area (Å²) in [6.45, 7) is 1.50. The zero-order chi connectivity index (χ0) is 14.7. The predicted molar refractivity (Wildman–Crippen MR) is 67.0 cm³/mol. The van der Waals surface area contributed by atoms with Crippen LogP contribution < -0.4 is 10.5 Å². The molecular formula is C11H15F3N2O2S.